The van der Waals surface area contributed by atoms with Crippen LogP contribution in [0.15, 0.2) is 103 Å². The summed E-state index contributed by atoms with van der Waals surface area (Å²) in [6.07, 6.45) is 31.1. The molecule has 0 unspecified atom stereocenters. The number of imidazole rings is 1. The van der Waals surface area contributed by atoms with Gasteiger partial charge in [0.05, 0.1) is 12.2 Å². The number of nitrogens with two attached hydrogens (primary N) is 1. The van der Waals surface area contributed by atoms with Crippen LogP contribution in [0.1, 0.15) is 424 Å². The number of hydrogen-bond donors (Lipinski definition) is 4. The van der Waals surface area contributed by atoms with Crippen LogP contribution < -0.4 is 5.73 Å². The summed E-state index contributed by atoms with van der Waals surface area (Å²) in [5.74, 6) is 5.69. The topological polar surface area (TPSA) is 171 Å². The standard InChI is InChI=1S/C10H11N.C9H12.C8H10.C6H14N2.C6H14.C5H8N2.2C5H10O.2C5H12.2C4H8O.C4H10S.C4H10.C3H8O.2C3H8.C2H6.7CH4/c1-2-8-7-11-10-6-4-3-5-9(8)10;1-3-9-6-4-8(2)5-7-9;1-2-8-6-4-3-5-7-8;1-3-4-5-8-6(2)7;1-3-5-6-4-2;1-2-5-3-6-4-7-5;2*1-3-4-5(2)6;2*1-4-5(2)3;2*1-3-4(2)5;1-3-4-5-2;1-4(2)3;1-3(2)4;2*1-3-2;1-2;;;;;;;/h3-7,11H,2H2,1H3;4-7H,3H2,1-2H3;3-7H,2H2,1H3;3-5H2,1-2H3,(H2,7,8);3-6H2,1-2H3;3-4H,2H2,1H3,(H,6,7);2*3-4H2,1-2H3;2*5H,4H2,1-3H3;2*3H2,1-2H3;3-4H2,1-2H3;4H,1-3H3;3-4H,1-2H3;2*3H2,1-2H3;1-2H3;7*1H4. The van der Waals surface area contributed by atoms with Gasteiger partial charge < -0.3 is 40.0 Å². The predicted octanol–water partition coefficient (Wildman–Crippen LogP) is 33.2. The molecule has 0 amide bonds. The number of aliphatic hydroxyl groups is 1. The van der Waals surface area contributed by atoms with Crippen molar-refractivity contribution in [2.75, 3.05) is 18.6 Å². The zero-order chi connectivity index (χ0) is 82.4. The number of amidine groups is 1. The molecule has 3 aromatic carbocycles. The van der Waals surface area contributed by atoms with Crippen LogP contribution in [0, 0.1) is 24.7 Å². The number of nitrogens with one attached hydrogen (secondary N) is 2. The molecule has 0 saturated carbocycles. The lowest BCUT2D eigenvalue weighted by Gasteiger charge is -1.94. The summed E-state index contributed by atoms with van der Waals surface area (Å²) in [5, 5.41) is 9.41. The fourth-order valence-corrected chi connectivity index (χ4v) is 5.67. The Hall–Kier alpha value is -5.13. The third-order valence-electron chi connectivity index (χ3n) is 11.8. The Labute approximate surface area is 694 Å². The third-order valence-corrected chi connectivity index (χ3v) is 12.7. The molecular formula is C98H207N5O5S. The second-order valence-corrected chi connectivity index (χ2v) is 26.7. The van der Waals surface area contributed by atoms with Crippen molar-refractivity contribution in [1.82, 2.24) is 15.0 Å². The first-order chi connectivity index (χ1) is 48.1. The van der Waals surface area contributed by atoms with E-state index in [2.05, 4.69) is 258 Å². The highest BCUT2D eigenvalue weighted by Crippen LogP contribution is 2.17. The minimum absolute atomic E-state index is 0. The zero-order valence-corrected chi connectivity index (χ0v) is 75.6. The molecule has 10 nitrogen and oxygen atoms in total. The van der Waals surface area contributed by atoms with Crippen LogP contribution in [-0.2, 0) is 44.9 Å². The van der Waals surface area contributed by atoms with E-state index in [0.717, 1.165) is 82.1 Å². The summed E-state index contributed by atoms with van der Waals surface area (Å²) in [6.45, 7) is 72.0. The number of Topliss-reactive ketones (excluding diaryl/α,β-unsaturated/α-hetero) is 4. The number of aromatic amines is 2. The molecule has 11 heteroatoms. The number of rotatable bonds is 20. The average Bonchev–Trinajstić information content (AvgIpc) is 1.71. The van der Waals surface area contributed by atoms with Crippen LogP contribution in [-0.4, -0.2) is 73.7 Å². The fraction of sp³-hybridized carbons (Fsp3) is 0.714. The van der Waals surface area contributed by atoms with E-state index in [1.54, 1.807) is 47.9 Å². The van der Waals surface area contributed by atoms with Gasteiger partial charge in [-0.05, 0) is 159 Å². The van der Waals surface area contributed by atoms with Gasteiger partial charge in [0.2, 0.25) is 0 Å². The van der Waals surface area contributed by atoms with Gasteiger partial charge in [-0.15, -0.1) is 0 Å². The van der Waals surface area contributed by atoms with Crippen LogP contribution in [0.4, 0.5) is 0 Å². The van der Waals surface area contributed by atoms with E-state index in [1.165, 1.54) is 109 Å². The second kappa shape index (κ2) is 141. The summed E-state index contributed by atoms with van der Waals surface area (Å²) in [6, 6.07) is 27.5. The van der Waals surface area contributed by atoms with Crippen LogP contribution in [0.2, 0.25) is 0 Å². The molecule has 0 saturated heterocycles. The molecule has 0 spiro atoms. The number of aromatic nitrogens is 3. The van der Waals surface area contributed by atoms with Gasteiger partial charge in [0.25, 0.3) is 0 Å². The van der Waals surface area contributed by atoms with E-state index in [0.29, 0.717) is 18.7 Å². The maximum absolute atomic E-state index is 10.0. The van der Waals surface area contributed by atoms with Crippen molar-refractivity contribution >= 4 is 51.6 Å². The van der Waals surface area contributed by atoms with E-state index < -0.39 is 0 Å². The fourth-order valence-electron chi connectivity index (χ4n) is 5.26. The van der Waals surface area contributed by atoms with Crippen molar-refractivity contribution in [3.05, 3.63) is 126 Å². The first-order valence-corrected chi connectivity index (χ1v) is 41.5. The van der Waals surface area contributed by atoms with Gasteiger partial charge in [-0.25, -0.2) is 4.98 Å². The monoisotopic (exact) mass is 1570 g/mol. The van der Waals surface area contributed by atoms with Crippen LogP contribution >= 0.6 is 11.8 Å². The average molecular weight is 1570 g/mol. The van der Waals surface area contributed by atoms with Crippen molar-refractivity contribution in [3.8, 4) is 0 Å². The smallest absolute Gasteiger partial charge is 0.129 e. The molecule has 109 heavy (non-hydrogen) atoms. The molecule has 0 radical (unpaired) electrons. The molecule has 2 aromatic heterocycles. The zero-order valence-electron chi connectivity index (χ0n) is 74.8. The van der Waals surface area contributed by atoms with E-state index >= 15 is 0 Å². The largest absolute Gasteiger partial charge is 0.394 e. The number of carbonyl (C=O) groups excluding carboxylic acids is 4. The molecular weight excluding hydrogens is 1360 g/mol. The van der Waals surface area contributed by atoms with Gasteiger partial charge in [0.15, 0.2) is 0 Å². The molecule has 0 fully saturated rings. The minimum atomic E-state index is -0.167. The molecule has 0 aliphatic carbocycles. The lowest BCUT2D eigenvalue weighted by atomic mass is 10.1. The Bertz CT molecular complexity index is 2210. The molecule has 660 valence electrons. The van der Waals surface area contributed by atoms with Crippen molar-refractivity contribution < 1.29 is 24.3 Å². The van der Waals surface area contributed by atoms with Crippen molar-refractivity contribution in [3.63, 3.8) is 0 Å². The highest BCUT2D eigenvalue weighted by Gasteiger charge is 1.98. The summed E-state index contributed by atoms with van der Waals surface area (Å²) in [4.78, 5) is 53.8. The summed E-state index contributed by atoms with van der Waals surface area (Å²) < 4.78 is 0. The Morgan fingerprint density at radius 1 is 0.477 bits per heavy atom. The Balaban J connectivity index is -0.0000000431. The molecule has 5 rings (SSSR count). The molecule has 2 heterocycles. The summed E-state index contributed by atoms with van der Waals surface area (Å²) >= 11 is 1.90. The molecule has 0 aliphatic heterocycles. The second-order valence-electron chi connectivity index (χ2n) is 25.8. The van der Waals surface area contributed by atoms with Crippen molar-refractivity contribution in [2.24, 2.45) is 28.5 Å². The highest BCUT2D eigenvalue weighted by atomic mass is 32.2. The number of aryl methyl sites for hydroxylation is 5. The van der Waals surface area contributed by atoms with Crippen molar-refractivity contribution in [1.29, 1.82) is 0 Å². The predicted molar refractivity (Wildman–Crippen MR) is 519 cm³/mol. The number of carbonyl (C=O) groups is 4. The molecule has 5 N–H and O–H groups in total. The molecule has 5 aromatic rings. The summed E-state index contributed by atoms with van der Waals surface area (Å²) in [5.41, 5.74) is 13.3. The highest BCUT2D eigenvalue weighted by molar-refractivity contribution is 7.98. The molecule has 0 aliphatic rings. The first kappa shape index (κ1) is 156. The van der Waals surface area contributed by atoms with E-state index in [9.17, 15) is 19.2 Å². The lowest BCUT2D eigenvalue weighted by molar-refractivity contribution is -0.117. The molecule has 0 bridgehead atoms. The number of ketones is 4. The third kappa shape index (κ3) is 203. The van der Waals surface area contributed by atoms with Gasteiger partial charge in [-0.2, -0.15) is 11.8 Å². The number of aliphatic imine (C=N–C) groups is 1. The van der Waals surface area contributed by atoms with Gasteiger partial charge in [-0.3, -0.25) is 4.99 Å². The number of thioether (sulfide) groups is 1. The van der Waals surface area contributed by atoms with Gasteiger partial charge in [0.1, 0.15) is 23.1 Å². The van der Waals surface area contributed by atoms with Crippen LogP contribution in [0.25, 0.3) is 10.9 Å². The number of aliphatic hydroxyl groups excluding tert-OH is 1. The maximum Gasteiger partial charge on any atom is 0.129 e. The number of benzene rings is 3. The first-order valence-electron chi connectivity index (χ1n) is 40.1. The number of unbranched alkanes of at least 4 members (excludes halogenated alkanes) is 4. The van der Waals surface area contributed by atoms with Crippen LogP contribution in [0.3, 0.4) is 0 Å². The number of para-hydroxylation sites is 1. The Morgan fingerprint density at radius 2 is 0.807 bits per heavy atom. The number of fused-ring (bicyclic) bond motifs is 1. The Morgan fingerprint density at radius 3 is 1.01 bits per heavy atom. The number of nitrogens with zero attached hydrogens (tertiary/aromatic N) is 2. The van der Waals surface area contributed by atoms with Gasteiger partial charge in [-0.1, -0.05) is 375 Å². The number of H-pyrrole nitrogens is 2. The maximum atomic E-state index is 10.0. The summed E-state index contributed by atoms with van der Waals surface area (Å²) in [7, 11) is 0. The van der Waals surface area contributed by atoms with E-state index in [-0.39, 0.29) is 81.2 Å². The van der Waals surface area contributed by atoms with Crippen molar-refractivity contribution in [2.45, 2.75) is 435 Å². The van der Waals surface area contributed by atoms with Gasteiger partial charge in [0, 0.05) is 67.3 Å². The lowest BCUT2D eigenvalue weighted by Crippen LogP contribution is -2.05. The van der Waals surface area contributed by atoms with E-state index in [4.69, 9.17) is 10.8 Å². The molecule has 0 atom stereocenters. The SMILES string of the molecule is C.C.C.C.C.C.C.CC.CC(C)C.CC(C)O.CCC.CCC.CCC(C)=O.CCC(C)=O.CCC(C)C.CCC(C)C.CCCC(C)=O.CCCC(C)=O.CCCCCC.CCCCN=C(C)N.CCCSC.CCc1c[nH]c2ccccc12.CCc1ccc(C)cc1.CCc1ccccc1.CCc1cnc[nH]1. The van der Waals surface area contributed by atoms with E-state index in [1.807, 2.05) is 72.5 Å². The quantitative estimate of drug-likeness (QED) is 0.0339. The number of hydrogen-bond acceptors (Lipinski definition) is 8. The Kier molecular flexibility index (Phi) is 203. The minimum Gasteiger partial charge on any atom is -0.394 e. The van der Waals surface area contributed by atoms with Crippen LogP contribution in [0.5, 0.6) is 0 Å². The van der Waals surface area contributed by atoms with Gasteiger partial charge >= 0.3 is 0 Å². The normalized spacial score (nSPS) is 8.43.